The van der Waals surface area contributed by atoms with Gasteiger partial charge in [-0.1, -0.05) is 22.9 Å². The molecule has 0 spiro atoms. The lowest BCUT2D eigenvalue weighted by atomic mass is 10.1. The molecule has 148 valence electrons. The van der Waals surface area contributed by atoms with Crippen molar-refractivity contribution in [2.24, 2.45) is 4.99 Å². The van der Waals surface area contributed by atoms with Crippen LogP contribution in [0.25, 0.3) is 5.57 Å². The molecule has 2 N–H and O–H groups in total. The molecule has 1 aliphatic rings. The summed E-state index contributed by atoms with van der Waals surface area (Å²) in [5.74, 6) is -0.532. The van der Waals surface area contributed by atoms with Gasteiger partial charge in [0.05, 0.1) is 22.9 Å². The number of amides is 1. The lowest BCUT2D eigenvalue weighted by Crippen LogP contribution is -2.22. The van der Waals surface area contributed by atoms with E-state index in [1.54, 1.807) is 18.2 Å². The third kappa shape index (κ3) is 3.57. The van der Waals surface area contributed by atoms with Crippen LogP contribution in [0, 0.1) is 0 Å². The first kappa shape index (κ1) is 19.4. The zero-order valence-corrected chi connectivity index (χ0v) is 17.1. The van der Waals surface area contributed by atoms with E-state index in [9.17, 15) is 18.3 Å². The van der Waals surface area contributed by atoms with Gasteiger partial charge in [0.1, 0.15) is 10.6 Å². The molecule has 3 aromatic rings. The number of hydrogen-bond acceptors (Lipinski definition) is 7. The van der Waals surface area contributed by atoms with Crippen molar-refractivity contribution in [2.75, 3.05) is 11.8 Å². The summed E-state index contributed by atoms with van der Waals surface area (Å²) in [7, 11) is -2.48. The van der Waals surface area contributed by atoms with E-state index < -0.39 is 21.8 Å². The molecule has 1 aliphatic heterocycles. The number of carbonyl (C=O) groups is 1. The van der Waals surface area contributed by atoms with E-state index in [2.05, 4.69) is 14.7 Å². The zero-order valence-electron chi connectivity index (χ0n) is 14.7. The third-order valence-electron chi connectivity index (χ3n) is 4.09. The monoisotopic (exact) mass is 449 g/mol. The van der Waals surface area contributed by atoms with Gasteiger partial charge in [0, 0.05) is 10.2 Å². The SMILES string of the molecule is COc1ccc(S(=O)(=O)Nc2nc(O)c(C3=c4cc(Cl)ccc4=NC3=O)s2)cc1. The maximum Gasteiger partial charge on any atom is 0.279 e. The van der Waals surface area contributed by atoms with Crippen molar-refractivity contribution in [1.82, 2.24) is 4.98 Å². The number of anilines is 1. The molecule has 0 fully saturated rings. The molecular weight excluding hydrogens is 438 g/mol. The summed E-state index contributed by atoms with van der Waals surface area (Å²) in [5.41, 5.74) is 0.118. The molecule has 0 radical (unpaired) electrons. The molecule has 0 saturated heterocycles. The van der Waals surface area contributed by atoms with Crippen LogP contribution in [0.15, 0.2) is 52.4 Å². The molecule has 8 nitrogen and oxygen atoms in total. The molecule has 1 amide bonds. The molecule has 1 aromatic heterocycles. The average molecular weight is 450 g/mol. The number of aromatic nitrogens is 1. The Kier molecular flexibility index (Phi) is 4.77. The molecular formula is C18H12ClN3O5S2. The molecule has 29 heavy (non-hydrogen) atoms. The number of ether oxygens (including phenoxy) is 1. The van der Waals surface area contributed by atoms with Crippen LogP contribution in [0.2, 0.25) is 5.02 Å². The summed E-state index contributed by atoms with van der Waals surface area (Å²) in [6.07, 6.45) is 0. The number of halogens is 1. The lowest BCUT2D eigenvalue weighted by Gasteiger charge is -2.05. The highest BCUT2D eigenvalue weighted by Crippen LogP contribution is 2.35. The van der Waals surface area contributed by atoms with Crippen LogP contribution in [-0.2, 0) is 14.8 Å². The number of carbonyl (C=O) groups excluding carboxylic acids is 1. The Bertz CT molecular complexity index is 1370. The van der Waals surface area contributed by atoms with Gasteiger partial charge < -0.3 is 9.84 Å². The van der Waals surface area contributed by atoms with E-state index in [-0.39, 0.29) is 20.5 Å². The van der Waals surface area contributed by atoms with E-state index in [4.69, 9.17) is 16.3 Å². The molecule has 0 aliphatic carbocycles. The number of aromatic hydroxyl groups is 1. The number of hydrogen-bond donors (Lipinski definition) is 2. The van der Waals surface area contributed by atoms with Gasteiger partial charge in [-0.2, -0.15) is 4.98 Å². The van der Waals surface area contributed by atoms with Crippen molar-refractivity contribution in [3.05, 3.63) is 62.9 Å². The fraction of sp³-hybridized carbons (Fsp3) is 0.0556. The van der Waals surface area contributed by atoms with E-state index in [1.165, 1.54) is 31.4 Å². The van der Waals surface area contributed by atoms with Gasteiger partial charge in [-0.25, -0.2) is 13.4 Å². The predicted octanol–water partition coefficient (Wildman–Crippen LogP) is 1.67. The maximum absolute atomic E-state index is 12.6. The minimum atomic E-state index is -3.95. The first-order valence-electron chi connectivity index (χ1n) is 8.08. The summed E-state index contributed by atoms with van der Waals surface area (Å²) >= 11 is 6.83. The summed E-state index contributed by atoms with van der Waals surface area (Å²) < 4.78 is 32.5. The fourth-order valence-electron chi connectivity index (χ4n) is 2.75. The van der Waals surface area contributed by atoms with Gasteiger partial charge in [-0.3, -0.25) is 9.52 Å². The quantitative estimate of drug-likeness (QED) is 0.611. The summed E-state index contributed by atoms with van der Waals surface area (Å²) in [6, 6.07) is 10.5. The molecule has 4 rings (SSSR count). The van der Waals surface area contributed by atoms with E-state index >= 15 is 0 Å². The van der Waals surface area contributed by atoms with Crippen molar-refractivity contribution in [3.63, 3.8) is 0 Å². The molecule has 2 aromatic carbocycles. The maximum atomic E-state index is 12.6. The molecule has 0 atom stereocenters. The number of thiazole rings is 1. The van der Waals surface area contributed by atoms with Crippen LogP contribution < -0.4 is 20.0 Å². The number of fused-ring (bicyclic) bond motifs is 1. The standard InChI is InChI=1S/C18H12ClN3O5S2/c1-27-10-3-5-11(6-4-10)29(25,26)22-18-21-17(24)15(28-18)14-12-8-9(19)2-7-13(12)20-16(14)23/h2-8,24H,1H3,(H,21,22). The van der Waals surface area contributed by atoms with Crippen molar-refractivity contribution >= 4 is 49.6 Å². The van der Waals surface area contributed by atoms with Crippen LogP contribution >= 0.6 is 22.9 Å². The van der Waals surface area contributed by atoms with Gasteiger partial charge in [0.2, 0.25) is 11.0 Å². The Morgan fingerprint density at radius 3 is 2.59 bits per heavy atom. The minimum Gasteiger partial charge on any atom is -0.497 e. The van der Waals surface area contributed by atoms with E-state index in [0.29, 0.717) is 21.3 Å². The molecule has 0 unspecified atom stereocenters. The van der Waals surface area contributed by atoms with Crippen LogP contribution in [0.3, 0.4) is 0 Å². The highest BCUT2D eigenvalue weighted by Gasteiger charge is 2.26. The van der Waals surface area contributed by atoms with Gasteiger partial charge >= 0.3 is 0 Å². The van der Waals surface area contributed by atoms with Crippen molar-refractivity contribution in [3.8, 4) is 11.6 Å². The first-order valence-corrected chi connectivity index (χ1v) is 10.8. The molecule has 2 heterocycles. The largest absolute Gasteiger partial charge is 0.497 e. The molecule has 0 saturated carbocycles. The lowest BCUT2D eigenvalue weighted by molar-refractivity contribution is -0.112. The van der Waals surface area contributed by atoms with E-state index in [1.807, 2.05) is 0 Å². The van der Waals surface area contributed by atoms with Gasteiger partial charge in [0.15, 0.2) is 0 Å². The van der Waals surface area contributed by atoms with Crippen molar-refractivity contribution in [2.45, 2.75) is 4.90 Å². The Morgan fingerprint density at radius 2 is 1.90 bits per heavy atom. The fourth-order valence-corrected chi connectivity index (χ4v) is 5.07. The average Bonchev–Trinajstić information content (AvgIpc) is 3.19. The number of rotatable bonds is 5. The summed E-state index contributed by atoms with van der Waals surface area (Å²) in [4.78, 5) is 20.2. The molecule has 11 heteroatoms. The minimum absolute atomic E-state index is 0.00809. The number of methoxy groups -OCH3 is 1. The summed E-state index contributed by atoms with van der Waals surface area (Å²) in [5, 5.41) is 11.4. The van der Waals surface area contributed by atoms with Crippen LogP contribution in [0.1, 0.15) is 4.88 Å². The molecule has 0 bridgehead atoms. The Balaban J connectivity index is 1.73. The zero-order chi connectivity index (χ0) is 20.8. The van der Waals surface area contributed by atoms with Crippen LogP contribution in [0.5, 0.6) is 11.6 Å². The number of nitrogens with one attached hydrogen (secondary N) is 1. The highest BCUT2D eigenvalue weighted by molar-refractivity contribution is 7.93. The van der Waals surface area contributed by atoms with Gasteiger partial charge in [-0.15, -0.1) is 0 Å². The second-order valence-corrected chi connectivity index (χ2v) is 9.02. The second-order valence-electron chi connectivity index (χ2n) is 5.91. The first-order chi connectivity index (χ1) is 13.8. The normalized spacial score (nSPS) is 13.2. The Labute approximate surface area is 173 Å². The third-order valence-corrected chi connectivity index (χ3v) is 6.79. The van der Waals surface area contributed by atoms with Crippen molar-refractivity contribution < 1.29 is 23.1 Å². The number of benzene rings is 2. The Hall–Kier alpha value is -2.95. The van der Waals surface area contributed by atoms with Gasteiger partial charge in [0.25, 0.3) is 15.9 Å². The second kappa shape index (κ2) is 7.14. The van der Waals surface area contributed by atoms with Crippen LogP contribution in [-0.4, -0.2) is 31.5 Å². The Morgan fingerprint density at radius 1 is 1.17 bits per heavy atom. The number of sulfonamides is 1. The van der Waals surface area contributed by atoms with E-state index in [0.717, 1.165) is 11.3 Å². The van der Waals surface area contributed by atoms with Crippen molar-refractivity contribution in [1.29, 1.82) is 0 Å². The topological polar surface area (TPSA) is 118 Å². The highest BCUT2D eigenvalue weighted by atomic mass is 35.5. The number of nitrogens with zero attached hydrogens (tertiary/aromatic N) is 2. The van der Waals surface area contributed by atoms with Gasteiger partial charge in [-0.05, 0) is 42.5 Å². The van der Waals surface area contributed by atoms with Crippen LogP contribution in [0.4, 0.5) is 5.13 Å². The smallest absolute Gasteiger partial charge is 0.279 e. The summed E-state index contributed by atoms with van der Waals surface area (Å²) in [6.45, 7) is 0. The predicted molar refractivity (Wildman–Crippen MR) is 107 cm³/mol.